The van der Waals surface area contributed by atoms with Crippen molar-refractivity contribution in [1.29, 1.82) is 0 Å². The van der Waals surface area contributed by atoms with Crippen LogP contribution in [0.2, 0.25) is 0 Å². The van der Waals surface area contributed by atoms with Crippen LogP contribution in [0, 0.1) is 10.1 Å². The Morgan fingerprint density at radius 1 is 1.38 bits per heavy atom. The molecule has 0 bridgehead atoms. The summed E-state index contributed by atoms with van der Waals surface area (Å²) in [5, 5.41) is 13.2. The Kier molecular flexibility index (Phi) is 3.69. The Bertz CT molecular complexity index is 752. The summed E-state index contributed by atoms with van der Waals surface area (Å²) in [7, 11) is -0.832. The molecule has 0 saturated carbocycles. The number of fused-ring (bicyclic) bond motifs is 1. The smallest absolute Gasteiger partial charge is 0.269 e. The molecule has 1 aromatic carbocycles. The van der Waals surface area contributed by atoms with E-state index in [9.17, 15) is 23.3 Å². The molecule has 0 fully saturated rings. The van der Waals surface area contributed by atoms with Gasteiger partial charge < -0.3 is 10.2 Å². The summed E-state index contributed by atoms with van der Waals surface area (Å²) in [6.07, 6.45) is 1.21. The third-order valence-electron chi connectivity index (χ3n) is 2.87. The molecule has 1 aliphatic heterocycles. The molecule has 1 aromatic rings. The average Bonchev–Trinajstić information content (AvgIpc) is 2.48. The molecule has 0 aliphatic carbocycles. The van der Waals surface area contributed by atoms with Crippen molar-refractivity contribution in [1.82, 2.24) is 10.2 Å². The molecule has 0 radical (unpaired) electrons. The van der Waals surface area contributed by atoms with Gasteiger partial charge in [-0.25, -0.2) is 8.42 Å². The van der Waals surface area contributed by atoms with Crippen LogP contribution in [0.4, 0.5) is 5.69 Å². The van der Waals surface area contributed by atoms with Gasteiger partial charge in [-0.15, -0.1) is 0 Å². The molecule has 112 valence electrons. The number of nitrogens with one attached hydrogen (secondary N) is 1. The first-order chi connectivity index (χ1) is 9.73. The van der Waals surface area contributed by atoms with Crippen molar-refractivity contribution in [3.05, 3.63) is 45.0 Å². The lowest BCUT2D eigenvalue weighted by Gasteiger charge is -2.10. The highest BCUT2D eigenvalue weighted by molar-refractivity contribution is 7.96. The van der Waals surface area contributed by atoms with E-state index in [1.54, 1.807) is 14.1 Å². The lowest BCUT2D eigenvalue weighted by molar-refractivity contribution is -0.385. The minimum Gasteiger partial charge on any atom is -0.382 e. The summed E-state index contributed by atoms with van der Waals surface area (Å²) in [6, 6.07) is 3.43. The molecule has 0 unspecified atom stereocenters. The molecule has 1 aliphatic rings. The standard InChI is InChI=1S/C12H13N3O5S/c1-14(2)7-11-12(16)13-6-8-5-9(15(17)18)3-4-10(8)21(11,19)20/h3-5,7H,6H2,1-2H3,(H,13,16)/b11-7+. The molecule has 1 heterocycles. The number of amides is 1. The number of hydrogen-bond donors (Lipinski definition) is 1. The molecule has 0 spiro atoms. The maximum Gasteiger partial charge on any atom is 0.269 e. The fraction of sp³-hybridized carbons (Fsp3) is 0.250. The summed E-state index contributed by atoms with van der Waals surface area (Å²) >= 11 is 0. The van der Waals surface area contributed by atoms with Crippen LogP contribution in [-0.4, -0.2) is 38.2 Å². The Labute approximate surface area is 121 Å². The van der Waals surface area contributed by atoms with Crippen LogP contribution >= 0.6 is 0 Å². The number of carbonyl (C=O) groups is 1. The van der Waals surface area contributed by atoms with E-state index in [0.717, 1.165) is 18.2 Å². The van der Waals surface area contributed by atoms with Crippen LogP contribution in [-0.2, 0) is 21.2 Å². The van der Waals surface area contributed by atoms with Crippen molar-refractivity contribution in [3.8, 4) is 0 Å². The molecule has 0 aromatic heterocycles. The fourth-order valence-electron chi connectivity index (χ4n) is 1.95. The highest BCUT2D eigenvalue weighted by atomic mass is 32.2. The highest BCUT2D eigenvalue weighted by Crippen LogP contribution is 2.29. The maximum atomic E-state index is 12.5. The number of nitro groups is 1. The summed E-state index contributed by atoms with van der Waals surface area (Å²) in [6.45, 7) is -0.0835. The number of sulfone groups is 1. The van der Waals surface area contributed by atoms with E-state index < -0.39 is 20.7 Å². The van der Waals surface area contributed by atoms with Gasteiger partial charge in [0.15, 0.2) is 4.91 Å². The molecule has 0 atom stereocenters. The van der Waals surface area contributed by atoms with Gasteiger partial charge in [0.05, 0.1) is 9.82 Å². The lowest BCUT2D eigenvalue weighted by atomic mass is 10.2. The number of non-ortho nitro benzene ring substituents is 1. The van der Waals surface area contributed by atoms with Crippen LogP contribution in [0.3, 0.4) is 0 Å². The van der Waals surface area contributed by atoms with E-state index >= 15 is 0 Å². The van der Waals surface area contributed by atoms with Crippen molar-refractivity contribution in [2.75, 3.05) is 14.1 Å². The first-order valence-electron chi connectivity index (χ1n) is 5.92. The minimum absolute atomic E-state index is 0.0835. The summed E-state index contributed by atoms with van der Waals surface area (Å²) < 4.78 is 25.1. The van der Waals surface area contributed by atoms with Crippen LogP contribution in [0.15, 0.2) is 34.2 Å². The SMILES string of the molecule is CN(C)/C=C1\C(=O)NCc2cc([N+](=O)[O-])ccc2S1(=O)=O. The van der Waals surface area contributed by atoms with Crippen molar-refractivity contribution < 1.29 is 18.1 Å². The van der Waals surface area contributed by atoms with Crippen molar-refractivity contribution in [2.24, 2.45) is 0 Å². The Hall–Kier alpha value is -2.42. The topological polar surface area (TPSA) is 110 Å². The molecule has 0 saturated heterocycles. The third-order valence-corrected chi connectivity index (χ3v) is 4.72. The van der Waals surface area contributed by atoms with Gasteiger partial charge in [0.1, 0.15) is 0 Å². The predicted octanol–water partition coefficient (Wildman–Crippen LogP) is 0.401. The normalized spacial score (nSPS) is 18.6. The summed E-state index contributed by atoms with van der Waals surface area (Å²) in [5.74, 6) is -0.734. The zero-order valence-corrected chi connectivity index (χ0v) is 12.2. The largest absolute Gasteiger partial charge is 0.382 e. The number of carbonyl (C=O) groups excluding carboxylic acids is 1. The molecule has 21 heavy (non-hydrogen) atoms. The van der Waals surface area contributed by atoms with E-state index in [4.69, 9.17) is 0 Å². The lowest BCUT2D eigenvalue weighted by Crippen LogP contribution is -2.26. The Balaban J connectivity index is 2.68. The van der Waals surface area contributed by atoms with Gasteiger partial charge in [0, 0.05) is 39.0 Å². The highest BCUT2D eigenvalue weighted by Gasteiger charge is 2.33. The van der Waals surface area contributed by atoms with E-state index in [0.29, 0.717) is 0 Å². The van der Waals surface area contributed by atoms with Gasteiger partial charge in [-0.05, 0) is 11.6 Å². The maximum absolute atomic E-state index is 12.5. The zero-order chi connectivity index (χ0) is 15.8. The van der Waals surface area contributed by atoms with Gasteiger partial charge in [0.25, 0.3) is 11.6 Å². The second kappa shape index (κ2) is 5.17. The first-order valence-corrected chi connectivity index (χ1v) is 7.40. The molecule has 1 amide bonds. The Morgan fingerprint density at radius 3 is 2.62 bits per heavy atom. The van der Waals surface area contributed by atoms with Gasteiger partial charge in [0.2, 0.25) is 9.84 Å². The van der Waals surface area contributed by atoms with Crippen molar-refractivity contribution in [2.45, 2.75) is 11.4 Å². The number of nitro benzene ring substituents is 1. The van der Waals surface area contributed by atoms with Gasteiger partial charge in [-0.2, -0.15) is 0 Å². The summed E-state index contributed by atoms with van der Waals surface area (Å²) in [5.41, 5.74) is -0.0297. The molecular formula is C12H13N3O5S. The number of benzene rings is 1. The molecular weight excluding hydrogens is 298 g/mol. The van der Waals surface area contributed by atoms with Gasteiger partial charge in [-0.3, -0.25) is 14.9 Å². The average molecular weight is 311 g/mol. The van der Waals surface area contributed by atoms with Crippen LogP contribution in [0.5, 0.6) is 0 Å². The van der Waals surface area contributed by atoms with Crippen LogP contribution < -0.4 is 5.32 Å². The van der Waals surface area contributed by atoms with E-state index in [1.165, 1.54) is 11.1 Å². The predicted molar refractivity (Wildman–Crippen MR) is 73.9 cm³/mol. The van der Waals surface area contributed by atoms with Crippen LogP contribution in [0.25, 0.3) is 0 Å². The number of nitrogens with zero attached hydrogens (tertiary/aromatic N) is 2. The zero-order valence-electron chi connectivity index (χ0n) is 11.4. The quantitative estimate of drug-likeness (QED) is 0.481. The van der Waals surface area contributed by atoms with Crippen LogP contribution in [0.1, 0.15) is 5.56 Å². The minimum atomic E-state index is -4.02. The second-order valence-corrected chi connectivity index (χ2v) is 6.58. The van der Waals surface area contributed by atoms with Crippen molar-refractivity contribution >= 4 is 21.4 Å². The van der Waals surface area contributed by atoms with E-state index in [2.05, 4.69) is 5.32 Å². The van der Waals surface area contributed by atoms with Gasteiger partial charge in [-0.1, -0.05) is 0 Å². The first kappa shape index (κ1) is 15.0. The monoisotopic (exact) mass is 311 g/mol. The molecule has 1 N–H and O–H groups in total. The second-order valence-electron chi connectivity index (χ2n) is 4.69. The van der Waals surface area contributed by atoms with E-state index in [1.807, 2.05) is 0 Å². The number of hydrogen-bond acceptors (Lipinski definition) is 6. The molecule has 9 heteroatoms. The van der Waals surface area contributed by atoms with Gasteiger partial charge >= 0.3 is 0 Å². The van der Waals surface area contributed by atoms with Crippen molar-refractivity contribution in [3.63, 3.8) is 0 Å². The molecule has 8 nitrogen and oxygen atoms in total. The summed E-state index contributed by atoms with van der Waals surface area (Å²) in [4.78, 5) is 23.0. The Morgan fingerprint density at radius 2 is 2.05 bits per heavy atom. The molecule has 2 rings (SSSR count). The number of rotatable bonds is 2. The third kappa shape index (κ3) is 2.72. The van der Waals surface area contributed by atoms with E-state index in [-0.39, 0.29) is 27.6 Å². The fourth-order valence-corrected chi connectivity index (χ4v) is 3.57.